The fraction of sp³-hybridized carbons (Fsp3) is 0.462. The first-order chi connectivity index (χ1) is 8.65. The molecule has 0 fully saturated rings. The first kappa shape index (κ1) is 14.3. The Balaban J connectivity index is 2.91. The van der Waals surface area contributed by atoms with Crippen molar-refractivity contribution in [2.24, 2.45) is 11.7 Å². The zero-order valence-corrected chi connectivity index (χ0v) is 11.0. The lowest BCUT2D eigenvalue weighted by molar-refractivity contribution is -0.124. The summed E-state index contributed by atoms with van der Waals surface area (Å²) in [7, 11) is 4.80. The van der Waals surface area contributed by atoms with Gasteiger partial charge in [0.15, 0.2) is 0 Å². The minimum absolute atomic E-state index is 0.0598. The first-order valence-corrected chi connectivity index (χ1v) is 5.78. The first-order valence-electron chi connectivity index (χ1n) is 5.78. The van der Waals surface area contributed by atoms with Gasteiger partial charge in [-0.15, -0.1) is 0 Å². The standard InChI is InChI=1S/C13H20N2O3/c1-15-13(16)10(8-14)6-9-4-5-11(17-2)7-12(9)18-3/h4-5,7,10H,6,8,14H2,1-3H3,(H,15,16). The van der Waals surface area contributed by atoms with E-state index in [2.05, 4.69) is 5.32 Å². The summed E-state index contributed by atoms with van der Waals surface area (Å²) in [6, 6.07) is 5.53. The fourth-order valence-corrected chi connectivity index (χ4v) is 1.77. The van der Waals surface area contributed by atoms with Crippen LogP contribution in [0.3, 0.4) is 0 Å². The fourth-order valence-electron chi connectivity index (χ4n) is 1.77. The maximum Gasteiger partial charge on any atom is 0.224 e. The molecule has 3 N–H and O–H groups in total. The third-order valence-corrected chi connectivity index (χ3v) is 2.86. The molecule has 0 radical (unpaired) electrons. The van der Waals surface area contributed by atoms with Crippen molar-refractivity contribution in [1.82, 2.24) is 5.32 Å². The van der Waals surface area contributed by atoms with Crippen LogP contribution < -0.4 is 20.5 Å². The van der Waals surface area contributed by atoms with Gasteiger partial charge in [0.2, 0.25) is 5.91 Å². The molecule has 5 nitrogen and oxygen atoms in total. The van der Waals surface area contributed by atoms with E-state index in [0.717, 1.165) is 11.3 Å². The van der Waals surface area contributed by atoms with Crippen LogP contribution in [0.15, 0.2) is 18.2 Å². The molecule has 0 aliphatic carbocycles. The Bertz CT molecular complexity index is 407. The van der Waals surface area contributed by atoms with E-state index in [4.69, 9.17) is 15.2 Å². The molecular formula is C13H20N2O3. The van der Waals surface area contributed by atoms with Crippen LogP contribution in [0.25, 0.3) is 0 Å². The number of nitrogens with one attached hydrogen (secondary N) is 1. The van der Waals surface area contributed by atoms with Crippen molar-refractivity contribution in [2.75, 3.05) is 27.8 Å². The van der Waals surface area contributed by atoms with Crippen LogP contribution in [-0.4, -0.2) is 33.7 Å². The van der Waals surface area contributed by atoms with E-state index >= 15 is 0 Å². The summed E-state index contributed by atoms with van der Waals surface area (Å²) in [4.78, 5) is 11.6. The molecule has 1 atom stereocenters. The highest BCUT2D eigenvalue weighted by Crippen LogP contribution is 2.26. The highest BCUT2D eigenvalue weighted by atomic mass is 16.5. The van der Waals surface area contributed by atoms with Crippen LogP contribution in [0.4, 0.5) is 0 Å². The van der Waals surface area contributed by atoms with Gasteiger partial charge in [0.05, 0.1) is 20.1 Å². The third kappa shape index (κ3) is 3.37. The van der Waals surface area contributed by atoms with Crippen molar-refractivity contribution >= 4 is 5.91 Å². The van der Waals surface area contributed by atoms with E-state index in [1.165, 1.54) is 0 Å². The summed E-state index contributed by atoms with van der Waals surface area (Å²) >= 11 is 0. The van der Waals surface area contributed by atoms with Crippen molar-refractivity contribution in [3.63, 3.8) is 0 Å². The normalized spacial score (nSPS) is 11.8. The van der Waals surface area contributed by atoms with E-state index in [9.17, 15) is 4.79 Å². The molecular weight excluding hydrogens is 232 g/mol. The Hall–Kier alpha value is -1.75. The smallest absolute Gasteiger partial charge is 0.224 e. The molecule has 0 saturated heterocycles. The highest BCUT2D eigenvalue weighted by Gasteiger charge is 2.18. The molecule has 0 heterocycles. The quantitative estimate of drug-likeness (QED) is 0.776. The number of carbonyl (C=O) groups excluding carboxylic acids is 1. The SMILES string of the molecule is CNC(=O)C(CN)Cc1ccc(OC)cc1OC. The van der Waals surface area contributed by atoms with Gasteiger partial charge in [0, 0.05) is 19.7 Å². The number of methoxy groups -OCH3 is 2. The number of amides is 1. The summed E-state index contributed by atoms with van der Waals surface area (Å²) in [6.07, 6.45) is 0.545. The zero-order chi connectivity index (χ0) is 13.5. The second kappa shape index (κ2) is 6.86. The highest BCUT2D eigenvalue weighted by molar-refractivity contribution is 5.79. The van der Waals surface area contributed by atoms with Crippen molar-refractivity contribution < 1.29 is 14.3 Å². The molecule has 1 aromatic carbocycles. The predicted octanol–water partition coefficient (Wildman–Crippen LogP) is 0.567. The molecule has 0 aromatic heterocycles. The molecule has 0 saturated carbocycles. The molecule has 0 aliphatic heterocycles. The monoisotopic (exact) mass is 252 g/mol. The van der Waals surface area contributed by atoms with Crippen LogP contribution in [0.5, 0.6) is 11.5 Å². The van der Waals surface area contributed by atoms with Gasteiger partial charge in [0.25, 0.3) is 0 Å². The molecule has 5 heteroatoms. The number of carbonyl (C=O) groups is 1. The molecule has 1 aromatic rings. The van der Waals surface area contributed by atoms with Gasteiger partial charge >= 0.3 is 0 Å². The minimum atomic E-state index is -0.253. The molecule has 100 valence electrons. The lowest BCUT2D eigenvalue weighted by Gasteiger charge is -2.16. The van der Waals surface area contributed by atoms with Crippen LogP contribution in [0.2, 0.25) is 0 Å². The molecule has 1 amide bonds. The Labute approximate surface area is 107 Å². The van der Waals surface area contributed by atoms with Gasteiger partial charge in [0.1, 0.15) is 11.5 Å². The Morgan fingerprint density at radius 1 is 1.39 bits per heavy atom. The van der Waals surface area contributed by atoms with Gasteiger partial charge in [-0.25, -0.2) is 0 Å². The van der Waals surface area contributed by atoms with Crippen LogP contribution >= 0.6 is 0 Å². The number of rotatable bonds is 6. The van der Waals surface area contributed by atoms with Crippen LogP contribution in [0, 0.1) is 5.92 Å². The summed E-state index contributed by atoms with van der Waals surface area (Å²) in [5, 5.41) is 2.61. The van der Waals surface area contributed by atoms with Crippen LogP contribution in [-0.2, 0) is 11.2 Å². The van der Waals surface area contributed by atoms with Crippen LogP contribution in [0.1, 0.15) is 5.56 Å². The number of nitrogens with two attached hydrogens (primary N) is 1. The molecule has 0 bridgehead atoms. The second-order valence-electron chi connectivity index (χ2n) is 3.93. The van der Waals surface area contributed by atoms with Gasteiger partial charge in [-0.3, -0.25) is 4.79 Å². The van der Waals surface area contributed by atoms with Crippen molar-refractivity contribution in [2.45, 2.75) is 6.42 Å². The maximum atomic E-state index is 11.6. The zero-order valence-electron chi connectivity index (χ0n) is 11.0. The van der Waals surface area contributed by atoms with E-state index < -0.39 is 0 Å². The Morgan fingerprint density at radius 2 is 2.11 bits per heavy atom. The van der Waals surface area contributed by atoms with Gasteiger partial charge in [-0.1, -0.05) is 6.07 Å². The topological polar surface area (TPSA) is 73.6 Å². The molecule has 0 spiro atoms. The summed E-state index contributed by atoms with van der Waals surface area (Å²) in [5.74, 6) is 1.12. The van der Waals surface area contributed by atoms with E-state index in [1.807, 2.05) is 12.1 Å². The average Bonchev–Trinajstić information content (AvgIpc) is 2.43. The van der Waals surface area contributed by atoms with Gasteiger partial charge in [-0.2, -0.15) is 0 Å². The second-order valence-corrected chi connectivity index (χ2v) is 3.93. The molecule has 1 unspecified atom stereocenters. The number of hydrogen-bond acceptors (Lipinski definition) is 4. The lowest BCUT2D eigenvalue weighted by atomic mass is 9.97. The lowest BCUT2D eigenvalue weighted by Crippen LogP contribution is -2.34. The summed E-state index contributed by atoms with van der Waals surface area (Å²) in [6.45, 7) is 0.300. The van der Waals surface area contributed by atoms with Crippen molar-refractivity contribution in [3.8, 4) is 11.5 Å². The van der Waals surface area contributed by atoms with E-state index in [1.54, 1.807) is 27.3 Å². The maximum absolute atomic E-state index is 11.6. The Morgan fingerprint density at radius 3 is 2.61 bits per heavy atom. The summed E-state index contributed by atoms with van der Waals surface area (Å²) in [5.41, 5.74) is 6.56. The number of hydrogen-bond donors (Lipinski definition) is 2. The predicted molar refractivity (Wildman–Crippen MR) is 69.9 cm³/mol. The average molecular weight is 252 g/mol. The van der Waals surface area contributed by atoms with Crippen molar-refractivity contribution in [3.05, 3.63) is 23.8 Å². The van der Waals surface area contributed by atoms with E-state index in [-0.39, 0.29) is 11.8 Å². The Kier molecular flexibility index (Phi) is 5.45. The van der Waals surface area contributed by atoms with Gasteiger partial charge < -0.3 is 20.5 Å². The number of benzene rings is 1. The molecule has 18 heavy (non-hydrogen) atoms. The van der Waals surface area contributed by atoms with E-state index in [0.29, 0.717) is 18.7 Å². The molecule has 0 aliphatic rings. The summed E-state index contributed by atoms with van der Waals surface area (Å²) < 4.78 is 10.4. The largest absolute Gasteiger partial charge is 0.497 e. The van der Waals surface area contributed by atoms with Crippen molar-refractivity contribution in [1.29, 1.82) is 0 Å². The third-order valence-electron chi connectivity index (χ3n) is 2.86. The molecule has 1 rings (SSSR count). The number of ether oxygens (including phenoxy) is 2. The minimum Gasteiger partial charge on any atom is -0.497 e. The van der Waals surface area contributed by atoms with Gasteiger partial charge in [-0.05, 0) is 18.1 Å².